The molecule has 4 heteroatoms. The molecule has 2 N–H and O–H groups in total. The molecule has 0 aromatic heterocycles. The summed E-state index contributed by atoms with van der Waals surface area (Å²) >= 11 is 0. The van der Waals surface area contributed by atoms with E-state index in [9.17, 15) is 4.79 Å². The van der Waals surface area contributed by atoms with Crippen molar-refractivity contribution in [3.05, 3.63) is 53.6 Å². The number of hydrogen-bond donors (Lipinski definition) is 1. The molecule has 0 saturated heterocycles. The molecule has 4 nitrogen and oxygen atoms in total. The Hall–Kier alpha value is -2.49. The third-order valence-corrected chi connectivity index (χ3v) is 3.64. The van der Waals surface area contributed by atoms with E-state index in [2.05, 4.69) is 0 Å². The maximum Gasteiger partial charge on any atom is 0.231 e. The molecule has 2 aromatic carbocycles. The van der Waals surface area contributed by atoms with Gasteiger partial charge in [-0.1, -0.05) is 18.2 Å². The maximum absolute atomic E-state index is 12.2. The molecule has 0 spiro atoms. The van der Waals surface area contributed by atoms with Gasteiger partial charge in [0.05, 0.1) is 19.6 Å². The van der Waals surface area contributed by atoms with E-state index in [1.54, 1.807) is 4.90 Å². The molecule has 0 aliphatic carbocycles. The Morgan fingerprint density at radius 2 is 2.05 bits per heavy atom. The highest BCUT2D eigenvalue weighted by Crippen LogP contribution is 2.32. The molecule has 0 saturated carbocycles. The van der Waals surface area contributed by atoms with Crippen LogP contribution >= 0.6 is 0 Å². The van der Waals surface area contributed by atoms with Crippen LogP contribution in [0.15, 0.2) is 42.5 Å². The normalized spacial score (nSPS) is 13.4. The highest BCUT2D eigenvalue weighted by molar-refractivity contribution is 6.01. The fourth-order valence-electron chi connectivity index (χ4n) is 2.68. The van der Waals surface area contributed by atoms with Crippen LogP contribution in [0.25, 0.3) is 0 Å². The van der Waals surface area contributed by atoms with Gasteiger partial charge in [-0.05, 0) is 36.8 Å². The first kappa shape index (κ1) is 13.5. The summed E-state index contributed by atoms with van der Waals surface area (Å²) in [5.74, 6) is 0.893. The zero-order valence-corrected chi connectivity index (χ0v) is 12.0. The van der Waals surface area contributed by atoms with Gasteiger partial charge in [-0.25, -0.2) is 0 Å². The Labute approximate surface area is 124 Å². The van der Waals surface area contributed by atoms with Gasteiger partial charge in [0.15, 0.2) is 0 Å². The zero-order valence-electron chi connectivity index (χ0n) is 12.0. The molecule has 1 amide bonds. The van der Waals surface area contributed by atoms with E-state index >= 15 is 0 Å². The van der Waals surface area contributed by atoms with Crippen LogP contribution in [0.5, 0.6) is 5.75 Å². The Kier molecular flexibility index (Phi) is 3.52. The number of fused-ring (bicyclic) bond motifs is 1. The first-order valence-corrected chi connectivity index (χ1v) is 7.08. The topological polar surface area (TPSA) is 55.6 Å². The van der Waals surface area contributed by atoms with Crippen LogP contribution < -0.4 is 15.4 Å². The van der Waals surface area contributed by atoms with Gasteiger partial charge in [-0.15, -0.1) is 0 Å². The number of ether oxygens (including phenoxy) is 1. The maximum atomic E-state index is 12.2. The molecule has 2 aromatic rings. The van der Waals surface area contributed by atoms with E-state index in [-0.39, 0.29) is 5.91 Å². The van der Waals surface area contributed by atoms with Gasteiger partial charge in [0.25, 0.3) is 0 Å². The van der Waals surface area contributed by atoms with Crippen molar-refractivity contribution in [2.45, 2.75) is 19.9 Å². The van der Waals surface area contributed by atoms with Crippen LogP contribution in [0, 0.1) is 0 Å². The fourth-order valence-corrected chi connectivity index (χ4v) is 2.68. The van der Waals surface area contributed by atoms with E-state index in [0.29, 0.717) is 25.3 Å². The molecule has 1 aliphatic heterocycles. The van der Waals surface area contributed by atoms with Gasteiger partial charge >= 0.3 is 0 Å². The third-order valence-electron chi connectivity index (χ3n) is 3.64. The molecule has 21 heavy (non-hydrogen) atoms. The summed E-state index contributed by atoms with van der Waals surface area (Å²) in [5, 5.41) is 0. The number of para-hydroxylation sites is 1. The van der Waals surface area contributed by atoms with Crippen LogP contribution in [0.2, 0.25) is 0 Å². The molecule has 0 radical (unpaired) electrons. The van der Waals surface area contributed by atoms with Crippen molar-refractivity contribution in [2.75, 3.05) is 17.2 Å². The Morgan fingerprint density at radius 3 is 2.86 bits per heavy atom. The number of rotatable bonds is 4. The van der Waals surface area contributed by atoms with Crippen molar-refractivity contribution >= 4 is 17.3 Å². The summed E-state index contributed by atoms with van der Waals surface area (Å²) in [6, 6.07) is 13.4. The van der Waals surface area contributed by atoms with Crippen molar-refractivity contribution in [1.82, 2.24) is 0 Å². The zero-order chi connectivity index (χ0) is 14.8. The summed E-state index contributed by atoms with van der Waals surface area (Å²) in [5.41, 5.74) is 9.53. The van der Waals surface area contributed by atoms with Gasteiger partial charge in [0.1, 0.15) is 5.75 Å². The van der Waals surface area contributed by atoms with E-state index < -0.39 is 0 Å². The molecule has 0 atom stereocenters. The molecule has 1 heterocycles. The van der Waals surface area contributed by atoms with E-state index in [1.807, 2.05) is 49.4 Å². The summed E-state index contributed by atoms with van der Waals surface area (Å²) in [7, 11) is 0. The second kappa shape index (κ2) is 5.48. The van der Waals surface area contributed by atoms with Crippen molar-refractivity contribution in [3.8, 4) is 5.75 Å². The van der Waals surface area contributed by atoms with Crippen LogP contribution in [-0.4, -0.2) is 12.5 Å². The largest absolute Gasteiger partial charge is 0.494 e. The van der Waals surface area contributed by atoms with Crippen LogP contribution in [0.4, 0.5) is 11.4 Å². The lowest BCUT2D eigenvalue weighted by Gasteiger charge is -2.20. The number of nitrogens with zero attached hydrogens (tertiary/aromatic N) is 1. The molecule has 3 rings (SSSR count). The van der Waals surface area contributed by atoms with Crippen molar-refractivity contribution in [3.63, 3.8) is 0 Å². The van der Waals surface area contributed by atoms with Crippen LogP contribution in [0.3, 0.4) is 0 Å². The van der Waals surface area contributed by atoms with Gasteiger partial charge in [0.2, 0.25) is 5.91 Å². The molecule has 0 unspecified atom stereocenters. The number of amides is 1. The van der Waals surface area contributed by atoms with Crippen molar-refractivity contribution in [2.24, 2.45) is 0 Å². The SMILES string of the molecule is CCOc1ccc(N)cc1CN1C(=O)Cc2ccccc21. The average molecular weight is 282 g/mol. The lowest BCUT2D eigenvalue weighted by molar-refractivity contribution is -0.117. The van der Waals surface area contributed by atoms with Crippen LogP contribution in [-0.2, 0) is 17.8 Å². The van der Waals surface area contributed by atoms with Gasteiger partial charge in [-0.3, -0.25) is 4.79 Å². The van der Waals surface area contributed by atoms with Crippen molar-refractivity contribution < 1.29 is 9.53 Å². The van der Waals surface area contributed by atoms with Crippen LogP contribution in [0.1, 0.15) is 18.1 Å². The van der Waals surface area contributed by atoms with E-state index in [1.165, 1.54) is 0 Å². The highest BCUT2D eigenvalue weighted by atomic mass is 16.5. The number of nitrogen functional groups attached to an aromatic ring is 1. The smallest absolute Gasteiger partial charge is 0.231 e. The molecule has 1 aliphatic rings. The molecule has 108 valence electrons. The standard InChI is InChI=1S/C17H18N2O2/c1-2-21-16-8-7-14(18)9-13(16)11-19-15-6-4-3-5-12(15)10-17(19)20/h3-9H,2,10-11,18H2,1H3. The second-order valence-corrected chi connectivity index (χ2v) is 5.09. The monoisotopic (exact) mass is 282 g/mol. The van der Waals surface area contributed by atoms with Crippen molar-refractivity contribution in [1.29, 1.82) is 0 Å². The predicted molar refractivity (Wildman–Crippen MR) is 83.4 cm³/mol. The summed E-state index contributed by atoms with van der Waals surface area (Å²) in [4.78, 5) is 14.0. The quantitative estimate of drug-likeness (QED) is 0.877. The molecular formula is C17H18N2O2. The van der Waals surface area contributed by atoms with Gasteiger partial charge in [0, 0.05) is 16.9 Å². The molecule has 0 bridgehead atoms. The summed E-state index contributed by atoms with van der Waals surface area (Å²) < 4.78 is 5.63. The highest BCUT2D eigenvalue weighted by Gasteiger charge is 2.27. The predicted octanol–water partition coefficient (Wildman–Crippen LogP) is 2.76. The number of carbonyl (C=O) groups is 1. The number of benzene rings is 2. The molecular weight excluding hydrogens is 264 g/mol. The first-order chi connectivity index (χ1) is 10.2. The Balaban J connectivity index is 1.93. The first-order valence-electron chi connectivity index (χ1n) is 7.08. The minimum atomic E-state index is 0.112. The van der Waals surface area contributed by atoms with E-state index in [4.69, 9.17) is 10.5 Å². The Morgan fingerprint density at radius 1 is 1.24 bits per heavy atom. The number of carbonyl (C=O) groups excluding carboxylic acids is 1. The minimum Gasteiger partial charge on any atom is -0.494 e. The van der Waals surface area contributed by atoms with E-state index in [0.717, 1.165) is 22.6 Å². The second-order valence-electron chi connectivity index (χ2n) is 5.09. The number of hydrogen-bond acceptors (Lipinski definition) is 3. The summed E-state index contributed by atoms with van der Waals surface area (Å²) in [6.07, 6.45) is 0.461. The lowest BCUT2D eigenvalue weighted by atomic mass is 10.1. The average Bonchev–Trinajstić information content (AvgIpc) is 2.78. The number of nitrogens with two attached hydrogens (primary N) is 1. The number of anilines is 2. The minimum absolute atomic E-state index is 0.112. The van der Waals surface area contributed by atoms with Gasteiger partial charge in [-0.2, -0.15) is 0 Å². The third kappa shape index (κ3) is 2.57. The Bertz CT molecular complexity index is 682. The fraction of sp³-hybridized carbons (Fsp3) is 0.235. The lowest BCUT2D eigenvalue weighted by Crippen LogP contribution is -2.26. The van der Waals surface area contributed by atoms with Gasteiger partial charge < -0.3 is 15.4 Å². The molecule has 0 fully saturated rings. The summed E-state index contributed by atoms with van der Waals surface area (Å²) in [6.45, 7) is 3.01.